The predicted octanol–water partition coefficient (Wildman–Crippen LogP) is 3.77. The van der Waals surface area contributed by atoms with Gasteiger partial charge in [-0.25, -0.2) is 0 Å². The van der Waals surface area contributed by atoms with Gasteiger partial charge in [0.05, 0.1) is 0 Å². The topological polar surface area (TPSA) is 12.0 Å². The van der Waals surface area contributed by atoms with Crippen molar-refractivity contribution in [1.82, 2.24) is 5.32 Å². The smallest absolute Gasteiger partial charge is 0.0408 e. The third-order valence-corrected chi connectivity index (χ3v) is 3.78. The molecule has 0 fully saturated rings. The fourth-order valence-electron chi connectivity index (χ4n) is 2.67. The molecule has 1 unspecified atom stereocenters. The van der Waals surface area contributed by atoms with E-state index in [4.69, 9.17) is 11.6 Å². The molecule has 2 heteroatoms. The Morgan fingerprint density at radius 2 is 2.00 bits per heavy atom. The number of nitrogens with one attached hydrogen (secondary N) is 1. The lowest BCUT2D eigenvalue weighted by Crippen LogP contribution is -2.31. The molecule has 1 atom stereocenters. The minimum absolute atomic E-state index is 0.411. The molecule has 1 aliphatic heterocycles. The Labute approximate surface area is 113 Å². The Morgan fingerprint density at radius 3 is 2.89 bits per heavy atom. The van der Waals surface area contributed by atoms with E-state index in [2.05, 4.69) is 41.7 Å². The van der Waals surface area contributed by atoms with Crippen molar-refractivity contribution in [2.45, 2.75) is 18.9 Å². The highest BCUT2D eigenvalue weighted by molar-refractivity contribution is 6.30. The highest BCUT2D eigenvalue weighted by Gasteiger charge is 2.19. The van der Waals surface area contributed by atoms with Gasteiger partial charge in [0.25, 0.3) is 0 Å². The van der Waals surface area contributed by atoms with Crippen LogP contribution in [-0.2, 0) is 12.8 Å². The Hall–Kier alpha value is -1.31. The highest BCUT2D eigenvalue weighted by atomic mass is 35.5. The second-order valence-electron chi connectivity index (χ2n) is 4.79. The maximum absolute atomic E-state index is 6.04. The fraction of sp³-hybridized carbons (Fsp3) is 0.250. The van der Waals surface area contributed by atoms with Crippen LogP contribution in [-0.4, -0.2) is 6.54 Å². The van der Waals surface area contributed by atoms with Crippen LogP contribution in [0.4, 0.5) is 0 Å². The first-order chi connectivity index (χ1) is 8.83. The molecular weight excluding hydrogens is 242 g/mol. The summed E-state index contributed by atoms with van der Waals surface area (Å²) in [6, 6.07) is 17.3. The second kappa shape index (κ2) is 5.13. The molecule has 3 rings (SSSR count). The molecule has 18 heavy (non-hydrogen) atoms. The van der Waals surface area contributed by atoms with Gasteiger partial charge in [-0.3, -0.25) is 0 Å². The van der Waals surface area contributed by atoms with Gasteiger partial charge in [0.2, 0.25) is 0 Å². The zero-order valence-electron chi connectivity index (χ0n) is 10.2. The molecular formula is C16H16ClN. The van der Waals surface area contributed by atoms with Crippen molar-refractivity contribution in [1.29, 1.82) is 0 Å². The van der Waals surface area contributed by atoms with Crippen LogP contribution in [0.3, 0.4) is 0 Å². The molecule has 0 bridgehead atoms. The molecule has 92 valence electrons. The number of fused-ring (bicyclic) bond motifs is 1. The van der Waals surface area contributed by atoms with Gasteiger partial charge in [0, 0.05) is 11.1 Å². The molecule has 0 amide bonds. The van der Waals surface area contributed by atoms with Crippen molar-refractivity contribution in [2.75, 3.05) is 6.54 Å². The summed E-state index contributed by atoms with van der Waals surface area (Å²) in [5, 5.41) is 4.42. The molecule has 1 nitrogen and oxygen atoms in total. The van der Waals surface area contributed by atoms with Gasteiger partial charge in [0.1, 0.15) is 0 Å². The molecule has 0 saturated heterocycles. The lowest BCUT2D eigenvalue weighted by molar-refractivity contribution is 0.502. The monoisotopic (exact) mass is 257 g/mol. The molecule has 0 aromatic heterocycles. The maximum atomic E-state index is 6.04. The number of hydrogen-bond acceptors (Lipinski definition) is 1. The van der Waals surface area contributed by atoms with Crippen molar-refractivity contribution >= 4 is 11.6 Å². The van der Waals surface area contributed by atoms with Crippen molar-refractivity contribution in [3.05, 3.63) is 70.2 Å². The van der Waals surface area contributed by atoms with Crippen LogP contribution in [0.15, 0.2) is 48.5 Å². The highest BCUT2D eigenvalue weighted by Crippen LogP contribution is 2.26. The van der Waals surface area contributed by atoms with Gasteiger partial charge in [-0.05, 0) is 48.2 Å². The number of rotatable bonds is 2. The average Bonchev–Trinajstić information content (AvgIpc) is 2.39. The first-order valence-electron chi connectivity index (χ1n) is 6.38. The van der Waals surface area contributed by atoms with Gasteiger partial charge in [0.15, 0.2) is 0 Å². The fourth-order valence-corrected chi connectivity index (χ4v) is 2.89. The van der Waals surface area contributed by atoms with Crippen LogP contribution in [0.25, 0.3) is 0 Å². The van der Waals surface area contributed by atoms with E-state index < -0.39 is 0 Å². The molecule has 0 spiro atoms. The van der Waals surface area contributed by atoms with Crippen LogP contribution in [0.5, 0.6) is 0 Å². The summed E-state index contributed by atoms with van der Waals surface area (Å²) in [7, 11) is 0. The van der Waals surface area contributed by atoms with Crippen molar-refractivity contribution in [3.63, 3.8) is 0 Å². The third-order valence-electron chi connectivity index (χ3n) is 3.54. The van der Waals surface area contributed by atoms with Crippen LogP contribution in [0.1, 0.15) is 22.7 Å². The van der Waals surface area contributed by atoms with Crippen molar-refractivity contribution < 1.29 is 0 Å². The summed E-state index contributed by atoms with van der Waals surface area (Å²) < 4.78 is 0. The van der Waals surface area contributed by atoms with E-state index in [0.717, 1.165) is 24.4 Å². The van der Waals surface area contributed by atoms with Gasteiger partial charge in [-0.2, -0.15) is 0 Å². The molecule has 1 N–H and O–H groups in total. The van der Waals surface area contributed by atoms with E-state index in [-0.39, 0.29) is 0 Å². The molecule has 0 saturated carbocycles. The lowest BCUT2D eigenvalue weighted by atomic mass is 9.90. The van der Waals surface area contributed by atoms with E-state index in [1.54, 1.807) is 0 Å². The molecule has 2 aromatic rings. The number of hydrogen-bond donors (Lipinski definition) is 1. The molecule has 0 radical (unpaired) electrons. The maximum Gasteiger partial charge on any atom is 0.0408 e. The Balaban J connectivity index is 1.86. The summed E-state index contributed by atoms with van der Waals surface area (Å²) >= 11 is 6.04. The normalized spacial score (nSPS) is 18.4. The molecule has 0 aliphatic carbocycles. The minimum atomic E-state index is 0.411. The zero-order valence-corrected chi connectivity index (χ0v) is 11.0. The predicted molar refractivity (Wildman–Crippen MR) is 76.0 cm³/mol. The van der Waals surface area contributed by atoms with Gasteiger partial charge in [-0.15, -0.1) is 0 Å². The second-order valence-corrected chi connectivity index (χ2v) is 5.23. The summed E-state index contributed by atoms with van der Waals surface area (Å²) in [5.74, 6) is 0. The van der Waals surface area contributed by atoms with Gasteiger partial charge >= 0.3 is 0 Å². The molecule has 1 aliphatic rings. The van der Waals surface area contributed by atoms with Crippen LogP contribution in [0.2, 0.25) is 5.02 Å². The van der Waals surface area contributed by atoms with E-state index in [0.29, 0.717) is 6.04 Å². The van der Waals surface area contributed by atoms with Gasteiger partial charge in [-0.1, -0.05) is 48.0 Å². The SMILES string of the molecule is Clc1cccc(CC2NCCc3ccccc32)c1. The summed E-state index contributed by atoms with van der Waals surface area (Å²) in [5.41, 5.74) is 4.20. The van der Waals surface area contributed by atoms with E-state index >= 15 is 0 Å². The van der Waals surface area contributed by atoms with Crippen LogP contribution < -0.4 is 5.32 Å². The summed E-state index contributed by atoms with van der Waals surface area (Å²) in [4.78, 5) is 0. The molecule has 2 aromatic carbocycles. The first kappa shape index (κ1) is 11.8. The van der Waals surface area contributed by atoms with Crippen LogP contribution >= 0.6 is 11.6 Å². The Kier molecular flexibility index (Phi) is 3.35. The molecule has 1 heterocycles. The van der Waals surface area contributed by atoms with Gasteiger partial charge < -0.3 is 5.32 Å². The minimum Gasteiger partial charge on any atom is -0.309 e. The third kappa shape index (κ3) is 2.43. The quantitative estimate of drug-likeness (QED) is 0.864. The first-order valence-corrected chi connectivity index (χ1v) is 6.76. The van der Waals surface area contributed by atoms with E-state index in [1.165, 1.54) is 16.7 Å². The standard InChI is InChI=1S/C16H16ClN/c17-14-6-3-4-12(10-14)11-16-15-7-2-1-5-13(15)8-9-18-16/h1-7,10,16,18H,8-9,11H2. The summed E-state index contributed by atoms with van der Waals surface area (Å²) in [6.45, 7) is 1.06. The zero-order chi connectivity index (χ0) is 12.4. The van der Waals surface area contributed by atoms with E-state index in [9.17, 15) is 0 Å². The largest absolute Gasteiger partial charge is 0.309 e. The van der Waals surface area contributed by atoms with Crippen molar-refractivity contribution in [3.8, 4) is 0 Å². The van der Waals surface area contributed by atoms with Crippen molar-refractivity contribution in [2.24, 2.45) is 0 Å². The lowest BCUT2D eigenvalue weighted by Gasteiger charge is -2.27. The Bertz CT molecular complexity index is 550. The van der Waals surface area contributed by atoms with E-state index in [1.807, 2.05) is 12.1 Å². The number of halogens is 1. The number of benzene rings is 2. The summed E-state index contributed by atoms with van der Waals surface area (Å²) in [6.07, 6.45) is 2.12. The van der Waals surface area contributed by atoms with Crippen LogP contribution in [0, 0.1) is 0 Å². The average molecular weight is 258 g/mol. The Morgan fingerprint density at radius 1 is 1.11 bits per heavy atom.